The molecule has 33 heavy (non-hydrogen) atoms. The van der Waals surface area contributed by atoms with Crippen molar-refractivity contribution >= 4 is 38.8 Å². The number of hydrogen-bond acceptors (Lipinski definition) is 8. The molecule has 2 aromatic heterocycles. The average Bonchev–Trinajstić information content (AvgIpc) is 3.30. The number of ether oxygens (including phenoxy) is 2. The Balaban J connectivity index is 1.15. The van der Waals surface area contributed by atoms with E-state index in [1.54, 1.807) is 0 Å². The summed E-state index contributed by atoms with van der Waals surface area (Å²) in [6.07, 6.45) is 0.709. The number of nitrogens with two attached hydrogens (primary N) is 2. The van der Waals surface area contributed by atoms with Crippen LogP contribution in [0.2, 0.25) is 0 Å². The van der Waals surface area contributed by atoms with Gasteiger partial charge in [0.15, 0.2) is 0 Å². The molecule has 5 heterocycles. The van der Waals surface area contributed by atoms with Gasteiger partial charge >= 0.3 is 0 Å². The van der Waals surface area contributed by atoms with Crippen LogP contribution in [0.4, 0.5) is 11.4 Å². The van der Waals surface area contributed by atoms with Gasteiger partial charge in [0.2, 0.25) is 0 Å². The van der Waals surface area contributed by atoms with E-state index in [4.69, 9.17) is 20.9 Å². The molecule has 1 unspecified atom stereocenters. The molecule has 172 valence electrons. The molecule has 3 aliphatic heterocycles. The summed E-state index contributed by atoms with van der Waals surface area (Å²) in [5.74, 6) is 0.694. The zero-order valence-corrected chi connectivity index (χ0v) is 19.3. The molecule has 8 nitrogen and oxygen atoms in total. The minimum absolute atomic E-state index is 0.0921. The van der Waals surface area contributed by atoms with Crippen molar-refractivity contribution in [1.82, 2.24) is 10.3 Å². The highest BCUT2D eigenvalue weighted by Gasteiger charge is 2.50. The van der Waals surface area contributed by atoms with Gasteiger partial charge in [-0.25, -0.2) is 4.98 Å². The van der Waals surface area contributed by atoms with E-state index in [0.29, 0.717) is 23.6 Å². The van der Waals surface area contributed by atoms with Gasteiger partial charge in [0.25, 0.3) is 5.91 Å². The molecule has 3 aromatic rings. The number of rotatable bonds is 3. The number of aryl methyl sites for hydroxylation is 1. The maximum Gasteiger partial charge on any atom is 0.263 e. The van der Waals surface area contributed by atoms with E-state index in [0.717, 1.165) is 59.2 Å². The lowest BCUT2D eigenvalue weighted by Crippen LogP contribution is -2.54. The highest BCUT2D eigenvalue weighted by Crippen LogP contribution is 2.40. The lowest BCUT2D eigenvalue weighted by molar-refractivity contribution is -0.106. The summed E-state index contributed by atoms with van der Waals surface area (Å²) in [6.45, 7) is 5.57. The summed E-state index contributed by atoms with van der Waals surface area (Å²) in [5, 5.41) is 3.92. The number of nitrogens with one attached hydrogen (secondary N) is 1. The Morgan fingerprint density at radius 2 is 2.15 bits per heavy atom. The molecule has 2 atom stereocenters. The predicted octanol–water partition coefficient (Wildman–Crippen LogP) is 2.08. The third-order valence-corrected chi connectivity index (χ3v) is 8.20. The monoisotopic (exact) mass is 465 g/mol. The summed E-state index contributed by atoms with van der Waals surface area (Å²) in [7, 11) is 0. The molecule has 9 heteroatoms. The molecule has 6 rings (SSSR count). The van der Waals surface area contributed by atoms with Crippen molar-refractivity contribution in [3.05, 3.63) is 46.5 Å². The first-order valence-electron chi connectivity index (χ1n) is 11.2. The van der Waals surface area contributed by atoms with Crippen LogP contribution in [0.25, 0.3) is 10.2 Å². The first kappa shape index (κ1) is 20.7. The molecule has 0 radical (unpaired) electrons. The third-order valence-electron chi connectivity index (χ3n) is 7.09. The van der Waals surface area contributed by atoms with Gasteiger partial charge in [0.05, 0.1) is 30.4 Å². The first-order valence-corrected chi connectivity index (χ1v) is 12.0. The van der Waals surface area contributed by atoms with Crippen molar-refractivity contribution in [2.75, 3.05) is 43.5 Å². The number of carbonyl (C=O) groups is 1. The normalized spacial score (nSPS) is 23.3. The molecular weight excluding hydrogens is 438 g/mol. The number of thiophene rings is 1. The molecule has 3 aliphatic rings. The van der Waals surface area contributed by atoms with Crippen molar-refractivity contribution in [2.24, 2.45) is 11.1 Å². The third kappa shape index (κ3) is 3.42. The summed E-state index contributed by atoms with van der Waals surface area (Å²) in [6, 6.07) is 10.1. The molecule has 1 aromatic carbocycles. The second kappa shape index (κ2) is 7.58. The van der Waals surface area contributed by atoms with Crippen molar-refractivity contribution in [2.45, 2.75) is 25.4 Å². The van der Waals surface area contributed by atoms with E-state index < -0.39 is 0 Å². The van der Waals surface area contributed by atoms with E-state index in [9.17, 15) is 4.79 Å². The molecule has 2 saturated heterocycles. The summed E-state index contributed by atoms with van der Waals surface area (Å²) in [5.41, 5.74) is 16.3. The quantitative estimate of drug-likeness (QED) is 0.542. The van der Waals surface area contributed by atoms with Crippen molar-refractivity contribution < 1.29 is 14.3 Å². The number of pyridine rings is 1. The number of carbonyl (C=O) groups excluding carboxylic acids is 1. The zero-order valence-electron chi connectivity index (χ0n) is 18.5. The standard InChI is InChI=1S/C24H27N5O3S/c1-13-2-5-17-20(26)21(33-23(17)27-13)22(30)28-15-6-14-3-4-16(7-18(14)32-9-15)29-8-19(25)24(10-29)11-31-12-24/h2-5,7,15,19H,6,8-12,25-26H2,1H3,(H,28,30)/t15-,19?/m1/s1. The molecule has 1 amide bonds. The van der Waals surface area contributed by atoms with E-state index in [2.05, 4.69) is 33.4 Å². The Morgan fingerprint density at radius 1 is 1.30 bits per heavy atom. The first-order chi connectivity index (χ1) is 15.9. The fourth-order valence-corrected chi connectivity index (χ4v) is 6.06. The molecule has 0 bridgehead atoms. The Bertz CT molecular complexity index is 1250. The van der Waals surface area contributed by atoms with Crippen LogP contribution in [0.5, 0.6) is 5.75 Å². The van der Waals surface area contributed by atoms with Crippen LogP contribution in [0.3, 0.4) is 0 Å². The highest BCUT2D eigenvalue weighted by molar-refractivity contribution is 7.21. The van der Waals surface area contributed by atoms with Gasteiger partial charge in [-0.2, -0.15) is 0 Å². The lowest BCUT2D eigenvalue weighted by atomic mass is 9.82. The van der Waals surface area contributed by atoms with Crippen molar-refractivity contribution in [1.29, 1.82) is 0 Å². The van der Waals surface area contributed by atoms with Gasteiger partial charge < -0.3 is 31.2 Å². The van der Waals surface area contributed by atoms with Crippen LogP contribution in [0.15, 0.2) is 30.3 Å². The van der Waals surface area contributed by atoms with E-state index >= 15 is 0 Å². The smallest absolute Gasteiger partial charge is 0.263 e. The lowest BCUT2D eigenvalue weighted by Gasteiger charge is -2.40. The van der Waals surface area contributed by atoms with Crippen LogP contribution in [-0.4, -0.2) is 55.9 Å². The van der Waals surface area contributed by atoms with Crippen LogP contribution < -0.4 is 26.4 Å². The number of nitrogens with zero attached hydrogens (tertiary/aromatic N) is 2. The summed E-state index contributed by atoms with van der Waals surface area (Å²) in [4.78, 5) is 21.1. The van der Waals surface area contributed by atoms with E-state index in [-0.39, 0.29) is 23.4 Å². The van der Waals surface area contributed by atoms with Crippen molar-refractivity contribution in [3.8, 4) is 5.75 Å². The minimum Gasteiger partial charge on any atom is -0.491 e. The van der Waals surface area contributed by atoms with Gasteiger partial charge in [-0.1, -0.05) is 6.07 Å². The Morgan fingerprint density at radius 3 is 2.91 bits per heavy atom. The van der Waals surface area contributed by atoms with Crippen LogP contribution >= 0.6 is 11.3 Å². The SMILES string of the molecule is Cc1ccc2c(N)c(C(=O)N[C@H]3COc4cc(N5CC(N)C6(COC6)C5)ccc4C3)sc2n1. The molecule has 1 spiro atoms. The number of benzene rings is 1. The highest BCUT2D eigenvalue weighted by atomic mass is 32.1. The number of fused-ring (bicyclic) bond motifs is 2. The minimum atomic E-state index is -0.180. The Labute approximate surface area is 195 Å². The number of amides is 1. The van der Waals surface area contributed by atoms with E-state index in [1.165, 1.54) is 11.3 Å². The van der Waals surface area contributed by atoms with Crippen LogP contribution in [0.1, 0.15) is 20.9 Å². The molecular formula is C24H27N5O3S. The molecule has 0 saturated carbocycles. The number of hydrogen-bond donors (Lipinski definition) is 3. The van der Waals surface area contributed by atoms with Crippen molar-refractivity contribution in [3.63, 3.8) is 0 Å². The molecule has 5 N–H and O–H groups in total. The second-order valence-electron chi connectivity index (χ2n) is 9.47. The van der Waals surface area contributed by atoms with Gasteiger partial charge in [0.1, 0.15) is 22.1 Å². The van der Waals surface area contributed by atoms with Crippen LogP contribution in [-0.2, 0) is 11.2 Å². The van der Waals surface area contributed by atoms with Crippen LogP contribution in [0, 0.1) is 12.3 Å². The Kier molecular flexibility index (Phi) is 4.76. The summed E-state index contributed by atoms with van der Waals surface area (Å²) >= 11 is 1.33. The fraction of sp³-hybridized carbons (Fsp3) is 0.417. The Hall–Kier alpha value is -2.88. The van der Waals surface area contributed by atoms with Gasteiger partial charge in [-0.15, -0.1) is 11.3 Å². The van der Waals surface area contributed by atoms with Gasteiger partial charge in [0, 0.05) is 42.0 Å². The maximum atomic E-state index is 13.0. The number of nitrogen functional groups attached to an aromatic ring is 1. The van der Waals surface area contributed by atoms with Gasteiger partial charge in [-0.3, -0.25) is 4.79 Å². The fourth-order valence-electron chi connectivity index (χ4n) is 5.02. The van der Waals surface area contributed by atoms with E-state index in [1.807, 2.05) is 19.1 Å². The predicted molar refractivity (Wildman–Crippen MR) is 129 cm³/mol. The van der Waals surface area contributed by atoms with Gasteiger partial charge in [-0.05, 0) is 37.1 Å². The number of anilines is 2. The second-order valence-corrected chi connectivity index (χ2v) is 10.5. The maximum absolute atomic E-state index is 13.0. The summed E-state index contributed by atoms with van der Waals surface area (Å²) < 4.78 is 11.5. The zero-order chi connectivity index (χ0) is 22.7. The molecule has 0 aliphatic carbocycles. The largest absolute Gasteiger partial charge is 0.491 e. The molecule has 2 fully saturated rings. The number of aromatic nitrogens is 1. The average molecular weight is 466 g/mol. The topological polar surface area (TPSA) is 116 Å².